The second kappa shape index (κ2) is 5.21. The van der Waals surface area contributed by atoms with Gasteiger partial charge in [0.2, 0.25) is 0 Å². The van der Waals surface area contributed by atoms with Crippen molar-refractivity contribution in [1.82, 2.24) is 0 Å². The van der Waals surface area contributed by atoms with Crippen molar-refractivity contribution in [3.8, 4) is 0 Å². The molecular weight excluding hydrogens is 220 g/mol. The van der Waals surface area contributed by atoms with Crippen LogP contribution in [-0.4, -0.2) is 13.1 Å². The molecule has 0 saturated carbocycles. The lowest BCUT2D eigenvalue weighted by Gasteiger charge is -2.52. The summed E-state index contributed by atoms with van der Waals surface area (Å²) in [6.45, 7) is 9.14. The van der Waals surface area contributed by atoms with Crippen LogP contribution >= 0.6 is 0 Å². The smallest absolute Gasteiger partial charge is 0.0417 e. The van der Waals surface area contributed by atoms with Crippen LogP contribution in [-0.2, 0) is 0 Å². The summed E-state index contributed by atoms with van der Waals surface area (Å²) in [5.74, 6) is 0. The van der Waals surface area contributed by atoms with Crippen LogP contribution in [0.2, 0.25) is 0 Å². The van der Waals surface area contributed by atoms with Gasteiger partial charge in [0.15, 0.2) is 0 Å². The van der Waals surface area contributed by atoms with E-state index in [2.05, 4.69) is 37.8 Å². The van der Waals surface area contributed by atoms with Gasteiger partial charge in [0, 0.05) is 29.9 Å². The van der Waals surface area contributed by atoms with Gasteiger partial charge in [-0.25, -0.2) is 0 Å². The van der Waals surface area contributed by atoms with Gasteiger partial charge in [-0.15, -0.1) is 0 Å². The van der Waals surface area contributed by atoms with E-state index >= 15 is 0 Å². The van der Waals surface area contributed by atoms with Crippen molar-refractivity contribution in [1.29, 1.82) is 0 Å². The van der Waals surface area contributed by atoms with Gasteiger partial charge in [0.25, 0.3) is 0 Å². The SMILES string of the molecule is CCCC1(CCC)CN(c2cccc(N)c2C)C1. The first-order valence-electron chi connectivity index (χ1n) is 7.22. The van der Waals surface area contributed by atoms with Crippen molar-refractivity contribution < 1.29 is 0 Å². The van der Waals surface area contributed by atoms with E-state index in [0.29, 0.717) is 5.41 Å². The van der Waals surface area contributed by atoms with E-state index in [-0.39, 0.29) is 0 Å². The molecule has 1 saturated heterocycles. The molecule has 1 fully saturated rings. The number of benzene rings is 1. The normalized spacial score (nSPS) is 17.6. The number of nitrogen functional groups attached to an aromatic ring is 1. The summed E-state index contributed by atoms with van der Waals surface area (Å²) in [6, 6.07) is 6.26. The van der Waals surface area contributed by atoms with Crippen molar-refractivity contribution in [2.24, 2.45) is 5.41 Å². The van der Waals surface area contributed by atoms with Gasteiger partial charge < -0.3 is 10.6 Å². The van der Waals surface area contributed by atoms with Crippen LogP contribution in [0.4, 0.5) is 11.4 Å². The highest BCUT2D eigenvalue weighted by Crippen LogP contribution is 2.43. The molecule has 2 heteroatoms. The maximum atomic E-state index is 6.00. The van der Waals surface area contributed by atoms with E-state index in [0.717, 1.165) is 5.69 Å². The molecule has 2 rings (SSSR count). The molecule has 0 aliphatic carbocycles. The molecule has 0 spiro atoms. The van der Waals surface area contributed by atoms with Gasteiger partial charge in [-0.05, 0) is 37.5 Å². The van der Waals surface area contributed by atoms with Crippen molar-refractivity contribution in [3.63, 3.8) is 0 Å². The summed E-state index contributed by atoms with van der Waals surface area (Å²) in [6.07, 6.45) is 5.31. The first-order chi connectivity index (χ1) is 8.62. The zero-order valence-corrected chi connectivity index (χ0v) is 12.0. The van der Waals surface area contributed by atoms with Crippen LogP contribution in [0.5, 0.6) is 0 Å². The summed E-state index contributed by atoms with van der Waals surface area (Å²) in [7, 11) is 0. The first-order valence-corrected chi connectivity index (χ1v) is 7.22. The summed E-state index contributed by atoms with van der Waals surface area (Å²) in [5, 5.41) is 0. The van der Waals surface area contributed by atoms with E-state index in [9.17, 15) is 0 Å². The predicted octanol–water partition coefficient (Wildman–Crippen LogP) is 3.98. The molecule has 18 heavy (non-hydrogen) atoms. The molecule has 100 valence electrons. The minimum absolute atomic E-state index is 0.570. The minimum atomic E-state index is 0.570. The Bertz CT molecular complexity index is 398. The highest BCUT2D eigenvalue weighted by Gasteiger charge is 2.41. The fraction of sp³-hybridized carbons (Fsp3) is 0.625. The average molecular weight is 246 g/mol. The molecule has 0 radical (unpaired) electrons. The van der Waals surface area contributed by atoms with Gasteiger partial charge in [-0.3, -0.25) is 0 Å². The number of nitrogens with zero attached hydrogens (tertiary/aromatic N) is 1. The number of rotatable bonds is 5. The third kappa shape index (κ3) is 2.33. The number of hydrogen-bond donors (Lipinski definition) is 1. The summed E-state index contributed by atoms with van der Waals surface area (Å²) >= 11 is 0. The Balaban J connectivity index is 2.09. The fourth-order valence-electron chi connectivity index (χ4n) is 3.42. The Morgan fingerprint density at radius 2 is 1.78 bits per heavy atom. The molecule has 0 unspecified atom stereocenters. The standard InChI is InChI=1S/C16H26N2/c1-4-9-16(10-5-2)11-18(12-16)15-8-6-7-14(17)13(15)3/h6-8H,4-5,9-12,17H2,1-3H3. The van der Waals surface area contributed by atoms with Crippen LogP contribution in [0, 0.1) is 12.3 Å². The van der Waals surface area contributed by atoms with Crippen molar-refractivity contribution in [3.05, 3.63) is 23.8 Å². The Morgan fingerprint density at radius 1 is 1.17 bits per heavy atom. The highest BCUT2D eigenvalue weighted by atomic mass is 15.2. The van der Waals surface area contributed by atoms with Crippen LogP contribution < -0.4 is 10.6 Å². The summed E-state index contributed by atoms with van der Waals surface area (Å²) in [4.78, 5) is 2.50. The average Bonchev–Trinajstić information content (AvgIpc) is 2.30. The first kappa shape index (κ1) is 13.3. The Hall–Kier alpha value is -1.18. The molecule has 1 heterocycles. The predicted molar refractivity (Wildman–Crippen MR) is 80.1 cm³/mol. The summed E-state index contributed by atoms with van der Waals surface area (Å²) in [5.41, 5.74) is 10.0. The topological polar surface area (TPSA) is 29.3 Å². The van der Waals surface area contributed by atoms with Crippen LogP contribution in [0.25, 0.3) is 0 Å². The van der Waals surface area contributed by atoms with Crippen molar-refractivity contribution in [2.75, 3.05) is 23.7 Å². The zero-order chi connectivity index (χ0) is 13.2. The molecule has 0 amide bonds. The number of anilines is 2. The fourth-order valence-corrected chi connectivity index (χ4v) is 3.42. The monoisotopic (exact) mass is 246 g/mol. The van der Waals surface area contributed by atoms with Gasteiger partial charge in [-0.1, -0.05) is 32.8 Å². The molecular formula is C16H26N2. The van der Waals surface area contributed by atoms with Crippen LogP contribution in [0.1, 0.15) is 45.1 Å². The third-order valence-corrected chi connectivity index (χ3v) is 4.30. The quantitative estimate of drug-likeness (QED) is 0.796. The Labute approximate surface area is 111 Å². The van der Waals surface area contributed by atoms with E-state index in [1.807, 2.05) is 6.07 Å². The lowest BCUT2D eigenvalue weighted by atomic mass is 9.72. The van der Waals surface area contributed by atoms with Crippen LogP contribution in [0.15, 0.2) is 18.2 Å². The number of hydrogen-bond acceptors (Lipinski definition) is 2. The third-order valence-electron chi connectivity index (χ3n) is 4.30. The maximum absolute atomic E-state index is 6.00. The molecule has 1 aromatic carbocycles. The largest absolute Gasteiger partial charge is 0.398 e. The number of nitrogens with two attached hydrogens (primary N) is 1. The molecule has 2 nitrogen and oxygen atoms in total. The molecule has 0 aromatic heterocycles. The molecule has 1 aliphatic rings. The van der Waals surface area contributed by atoms with E-state index in [4.69, 9.17) is 5.73 Å². The molecule has 0 atom stereocenters. The molecule has 0 bridgehead atoms. The van der Waals surface area contributed by atoms with Gasteiger partial charge in [0.05, 0.1) is 0 Å². The van der Waals surface area contributed by atoms with Gasteiger partial charge in [0.1, 0.15) is 0 Å². The van der Waals surface area contributed by atoms with Crippen molar-refractivity contribution in [2.45, 2.75) is 46.5 Å². The highest BCUT2D eigenvalue weighted by molar-refractivity contribution is 5.65. The Kier molecular flexibility index (Phi) is 3.84. The van der Waals surface area contributed by atoms with Crippen molar-refractivity contribution >= 4 is 11.4 Å². The zero-order valence-electron chi connectivity index (χ0n) is 12.0. The van der Waals surface area contributed by atoms with Crippen LogP contribution in [0.3, 0.4) is 0 Å². The second-order valence-corrected chi connectivity index (χ2v) is 5.85. The van der Waals surface area contributed by atoms with Gasteiger partial charge >= 0.3 is 0 Å². The minimum Gasteiger partial charge on any atom is -0.398 e. The molecule has 1 aromatic rings. The van der Waals surface area contributed by atoms with E-state index < -0.39 is 0 Å². The Morgan fingerprint density at radius 3 is 2.33 bits per heavy atom. The van der Waals surface area contributed by atoms with E-state index in [1.165, 1.54) is 50.0 Å². The lowest BCUT2D eigenvalue weighted by molar-refractivity contribution is 0.173. The maximum Gasteiger partial charge on any atom is 0.0417 e. The molecule has 1 aliphatic heterocycles. The molecule has 2 N–H and O–H groups in total. The lowest BCUT2D eigenvalue weighted by Crippen LogP contribution is -2.56. The van der Waals surface area contributed by atoms with E-state index in [1.54, 1.807) is 0 Å². The summed E-state index contributed by atoms with van der Waals surface area (Å²) < 4.78 is 0. The second-order valence-electron chi connectivity index (χ2n) is 5.85. The van der Waals surface area contributed by atoms with Gasteiger partial charge in [-0.2, -0.15) is 0 Å².